The van der Waals surface area contributed by atoms with Gasteiger partial charge in [-0.2, -0.15) is 0 Å². The Morgan fingerprint density at radius 3 is 2.85 bits per heavy atom. The topological polar surface area (TPSA) is 50.2 Å². The van der Waals surface area contributed by atoms with Crippen LogP contribution in [0.4, 0.5) is 0 Å². The van der Waals surface area contributed by atoms with Gasteiger partial charge in [0.05, 0.1) is 17.0 Å². The van der Waals surface area contributed by atoms with Crippen molar-refractivity contribution in [2.24, 2.45) is 5.41 Å². The third kappa shape index (κ3) is 2.80. The minimum atomic E-state index is -0.689. The minimum Gasteiger partial charge on any atom is -0.481 e. The highest BCUT2D eigenvalue weighted by atomic mass is 32.2. The molecular formula is C16H17NO2S. The van der Waals surface area contributed by atoms with Crippen LogP contribution in [0.15, 0.2) is 35.4 Å². The van der Waals surface area contributed by atoms with Gasteiger partial charge < -0.3 is 5.11 Å². The fraction of sp³-hybridized carbons (Fsp3) is 0.375. The molecule has 4 heteroatoms. The molecule has 3 nitrogen and oxygen atoms in total. The molecule has 1 aromatic heterocycles. The quantitative estimate of drug-likeness (QED) is 0.848. The largest absolute Gasteiger partial charge is 0.481 e. The van der Waals surface area contributed by atoms with E-state index in [2.05, 4.69) is 19.1 Å². The van der Waals surface area contributed by atoms with Crippen LogP contribution < -0.4 is 0 Å². The molecule has 0 saturated heterocycles. The number of aryl methyl sites for hydroxylation is 1. The van der Waals surface area contributed by atoms with Crippen LogP contribution in [0.3, 0.4) is 0 Å². The van der Waals surface area contributed by atoms with Crippen molar-refractivity contribution in [1.82, 2.24) is 4.98 Å². The Kier molecular flexibility index (Phi) is 3.42. The van der Waals surface area contributed by atoms with Crippen molar-refractivity contribution in [2.75, 3.05) is 5.75 Å². The number of carbonyl (C=O) groups is 1. The van der Waals surface area contributed by atoms with E-state index in [-0.39, 0.29) is 11.8 Å². The summed E-state index contributed by atoms with van der Waals surface area (Å²) in [5.74, 6) is 0.164. The van der Waals surface area contributed by atoms with Crippen LogP contribution in [0.25, 0.3) is 10.9 Å². The number of pyridine rings is 1. The molecule has 1 fully saturated rings. The van der Waals surface area contributed by atoms with Crippen LogP contribution in [-0.4, -0.2) is 21.8 Å². The highest BCUT2D eigenvalue weighted by Gasteiger charge is 2.44. The minimum absolute atomic E-state index is 0.0102. The average molecular weight is 287 g/mol. The molecule has 1 N–H and O–H groups in total. The molecule has 3 rings (SSSR count). The van der Waals surface area contributed by atoms with Crippen molar-refractivity contribution in [1.29, 1.82) is 0 Å². The van der Waals surface area contributed by atoms with E-state index >= 15 is 0 Å². The van der Waals surface area contributed by atoms with E-state index in [4.69, 9.17) is 10.1 Å². The van der Waals surface area contributed by atoms with Gasteiger partial charge in [-0.05, 0) is 42.9 Å². The molecule has 104 valence electrons. The normalized spacial score (nSPS) is 16.2. The summed E-state index contributed by atoms with van der Waals surface area (Å²) >= 11 is 1.70. The second-order valence-corrected chi connectivity index (χ2v) is 6.63. The zero-order valence-corrected chi connectivity index (χ0v) is 12.2. The monoisotopic (exact) mass is 287 g/mol. The van der Waals surface area contributed by atoms with Gasteiger partial charge in [0.2, 0.25) is 0 Å². The van der Waals surface area contributed by atoms with E-state index in [1.165, 1.54) is 5.56 Å². The number of para-hydroxylation sites is 1. The smallest absolute Gasteiger partial charge is 0.303 e. The highest BCUT2D eigenvalue weighted by Crippen LogP contribution is 2.52. The lowest BCUT2D eigenvalue weighted by Gasteiger charge is -2.13. The molecule has 1 heterocycles. The summed E-state index contributed by atoms with van der Waals surface area (Å²) in [6.45, 7) is 2.07. The molecule has 2 aromatic rings. The molecule has 20 heavy (non-hydrogen) atoms. The number of thioether (sulfide) groups is 1. The lowest BCUT2D eigenvalue weighted by molar-refractivity contribution is -0.138. The first-order valence-corrected chi connectivity index (χ1v) is 7.78. The highest BCUT2D eigenvalue weighted by molar-refractivity contribution is 7.99. The van der Waals surface area contributed by atoms with Gasteiger partial charge >= 0.3 is 5.97 Å². The third-order valence-corrected chi connectivity index (χ3v) is 5.31. The number of nitrogens with zero attached hydrogens (tertiary/aromatic N) is 1. The molecule has 0 radical (unpaired) electrons. The Morgan fingerprint density at radius 2 is 2.15 bits per heavy atom. The number of hydrogen-bond donors (Lipinski definition) is 1. The molecule has 1 aliphatic rings. The maximum Gasteiger partial charge on any atom is 0.303 e. The zero-order chi connectivity index (χ0) is 14.2. The van der Waals surface area contributed by atoms with E-state index in [0.29, 0.717) is 0 Å². The number of carboxylic acids is 1. The second kappa shape index (κ2) is 5.09. The van der Waals surface area contributed by atoms with Gasteiger partial charge in [-0.3, -0.25) is 4.79 Å². The number of aliphatic carboxylic acids is 1. The van der Waals surface area contributed by atoms with Crippen molar-refractivity contribution < 1.29 is 9.90 Å². The molecule has 0 amide bonds. The first-order valence-electron chi connectivity index (χ1n) is 6.79. The standard InChI is InChI=1S/C16H17NO2S/c1-11-8-12-4-2-3-5-13(12)17-15(11)20-10-16(6-7-16)9-14(18)19/h2-5,8H,6-7,9-10H2,1H3,(H,18,19). The van der Waals surface area contributed by atoms with Gasteiger partial charge in [0.1, 0.15) is 0 Å². The fourth-order valence-electron chi connectivity index (χ4n) is 2.44. The van der Waals surface area contributed by atoms with Crippen molar-refractivity contribution in [3.8, 4) is 0 Å². The van der Waals surface area contributed by atoms with E-state index in [1.54, 1.807) is 11.8 Å². The van der Waals surface area contributed by atoms with E-state index in [9.17, 15) is 4.79 Å². The molecular weight excluding hydrogens is 270 g/mol. The van der Waals surface area contributed by atoms with Crippen molar-refractivity contribution >= 4 is 28.6 Å². The summed E-state index contributed by atoms with van der Waals surface area (Å²) < 4.78 is 0. The van der Waals surface area contributed by atoms with E-state index in [1.807, 2.05) is 18.2 Å². The Bertz CT molecular complexity index is 665. The van der Waals surface area contributed by atoms with Gasteiger partial charge in [0, 0.05) is 11.1 Å². The van der Waals surface area contributed by atoms with Crippen molar-refractivity contribution in [3.63, 3.8) is 0 Å². The number of hydrogen-bond acceptors (Lipinski definition) is 3. The van der Waals surface area contributed by atoms with Crippen LogP contribution in [0.5, 0.6) is 0 Å². The summed E-state index contributed by atoms with van der Waals surface area (Å²) in [4.78, 5) is 15.6. The van der Waals surface area contributed by atoms with Crippen molar-refractivity contribution in [2.45, 2.75) is 31.2 Å². The summed E-state index contributed by atoms with van der Waals surface area (Å²) in [6, 6.07) is 10.2. The van der Waals surface area contributed by atoms with Crippen LogP contribution in [0.2, 0.25) is 0 Å². The maximum absolute atomic E-state index is 10.9. The van der Waals surface area contributed by atoms with Crippen molar-refractivity contribution in [3.05, 3.63) is 35.9 Å². The van der Waals surface area contributed by atoms with E-state index in [0.717, 1.165) is 34.5 Å². The Labute approximate surface area is 122 Å². The van der Waals surface area contributed by atoms with Crippen LogP contribution >= 0.6 is 11.8 Å². The van der Waals surface area contributed by atoms with Gasteiger partial charge in [-0.1, -0.05) is 18.2 Å². The Morgan fingerprint density at radius 1 is 1.40 bits per heavy atom. The summed E-state index contributed by atoms with van der Waals surface area (Å²) in [5, 5.41) is 11.1. The SMILES string of the molecule is Cc1cc2ccccc2nc1SCC1(CC(=O)O)CC1. The molecule has 0 unspecified atom stereocenters. The number of aromatic nitrogens is 1. The molecule has 0 atom stereocenters. The lowest BCUT2D eigenvalue weighted by atomic mass is 10.1. The predicted molar refractivity (Wildman–Crippen MR) is 81.1 cm³/mol. The van der Waals surface area contributed by atoms with Gasteiger partial charge in [0.15, 0.2) is 0 Å². The van der Waals surface area contributed by atoms with Crippen LogP contribution in [0.1, 0.15) is 24.8 Å². The van der Waals surface area contributed by atoms with Crippen LogP contribution in [0, 0.1) is 12.3 Å². The molecule has 0 bridgehead atoms. The Hall–Kier alpha value is -1.55. The van der Waals surface area contributed by atoms with Gasteiger partial charge in [-0.15, -0.1) is 11.8 Å². The predicted octanol–water partition coefficient (Wildman–Crippen LogP) is 3.89. The molecule has 0 aliphatic heterocycles. The first-order chi connectivity index (χ1) is 9.58. The fourth-order valence-corrected chi connectivity index (χ4v) is 3.72. The summed E-state index contributed by atoms with van der Waals surface area (Å²) in [6.07, 6.45) is 2.34. The van der Waals surface area contributed by atoms with Crippen LogP contribution in [-0.2, 0) is 4.79 Å². The Balaban J connectivity index is 1.77. The second-order valence-electron chi connectivity index (χ2n) is 5.66. The number of benzene rings is 1. The molecule has 1 aromatic carbocycles. The molecule has 1 aliphatic carbocycles. The van der Waals surface area contributed by atoms with E-state index < -0.39 is 5.97 Å². The lowest BCUT2D eigenvalue weighted by Crippen LogP contribution is -2.11. The molecule has 1 saturated carbocycles. The number of rotatable bonds is 5. The maximum atomic E-state index is 10.9. The number of fused-ring (bicyclic) bond motifs is 1. The van der Waals surface area contributed by atoms with Gasteiger partial charge in [-0.25, -0.2) is 4.98 Å². The third-order valence-electron chi connectivity index (χ3n) is 3.87. The molecule has 0 spiro atoms. The van der Waals surface area contributed by atoms with Gasteiger partial charge in [0.25, 0.3) is 0 Å². The first kappa shape index (κ1) is 13.4. The average Bonchev–Trinajstić information content (AvgIpc) is 3.15. The zero-order valence-electron chi connectivity index (χ0n) is 11.4. The number of carboxylic acid groups (broad SMARTS) is 1. The summed E-state index contributed by atoms with van der Waals surface area (Å²) in [5.41, 5.74) is 2.18. The summed E-state index contributed by atoms with van der Waals surface area (Å²) in [7, 11) is 0.